The van der Waals surface area contributed by atoms with Crippen LogP contribution < -0.4 is 5.56 Å². The molecule has 0 saturated heterocycles. The number of H-pyrrole nitrogens is 1. The Hall–Kier alpha value is -3.01. The quantitative estimate of drug-likeness (QED) is 0.705. The predicted molar refractivity (Wildman–Crippen MR) is 91.2 cm³/mol. The molecule has 0 saturated carbocycles. The van der Waals surface area contributed by atoms with E-state index >= 15 is 0 Å². The number of hydrogen-bond acceptors (Lipinski definition) is 5. The van der Waals surface area contributed by atoms with Gasteiger partial charge in [0, 0.05) is 29.0 Å². The Labute approximate surface area is 146 Å². The average molecular weight is 379 g/mol. The van der Waals surface area contributed by atoms with Crippen LogP contribution in [-0.2, 0) is 21.2 Å². The van der Waals surface area contributed by atoms with E-state index < -0.39 is 33.7 Å². The van der Waals surface area contributed by atoms with E-state index in [9.17, 15) is 22.4 Å². The first-order valence-electron chi connectivity index (χ1n) is 7.40. The van der Waals surface area contributed by atoms with Crippen molar-refractivity contribution in [2.45, 2.75) is 18.4 Å². The van der Waals surface area contributed by atoms with E-state index in [4.69, 9.17) is 5.11 Å². The molecular formula is C16H14FN3O5S. The first-order chi connectivity index (χ1) is 12.1. The number of hydrogen-bond donors (Lipinski definition) is 2. The minimum absolute atomic E-state index is 0.0414. The Morgan fingerprint density at radius 3 is 2.58 bits per heavy atom. The van der Waals surface area contributed by atoms with E-state index in [1.165, 1.54) is 22.8 Å². The van der Waals surface area contributed by atoms with E-state index in [2.05, 4.69) is 10.2 Å². The number of carboxylic acid groups (broad SMARTS) is 1. The SMILES string of the molecule is Cc1c(-c2ccc(=O)[nH]n2)c2cc(S(C)(=O)=O)cc(F)c2n1CC(=O)O. The van der Waals surface area contributed by atoms with Gasteiger partial charge in [-0.2, -0.15) is 5.10 Å². The van der Waals surface area contributed by atoms with Crippen molar-refractivity contribution in [2.75, 3.05) is 6.26 Å². The molecule has 0 fully saturated rings. The summed E-state index contributed by atoms with van der Waals surface area (Å²) in [6, 6.07) is 4.76. The molecule has 1 aromatic carbocycles. The number of aromatic amines is 1. The molecule has 2 N–H and O–H groups in total. The van der Waals surface area contributed by atoms with Gasteiger partial charge in [-0.05, 0) is 25.1 Å². The van der Waals surface area contributed by atoms with Crippen molar-refractivity contribution in [1.29, 1.82) is 0 Å². The van der Waals surface area contributed by atoms with Gasteiger partial charge < -0.3 is 9.67 Å². The summed E-state index contributed by atoms with van der Waals surface area (Å²) >= 11 is 0. The molecule has 8 nitrogen and oxygen atoms in total. The van der Waals surface area contributed by atoms with E-state index in [0.29, 0.717) is 11.3 Å². The molecule has 0 aliphatic heterocycles. The molecule has 136 valence electrons. The topological polar surface area (TPSA) is 122 Å². The number of nitrogens with zero attached hydrogens (tertiary/aromatic N) is 2. The summed E-state index contributed by atoms with van der Waals surface area (Å²) in [5.74, 6) is -2.04. The fourth-order valence-corrected chi connectivity index (χ4v) is 3.54. The number of rotatable bonds is 4. The van der Waals surface area contributed by atoms with Gasteiger partial charge in [0.05, 0.1) is 16.1 Å². The summed E-state index contributed by atoms with van der Waals surface area (Å²) in [5, 5.41) is 15.5. The number of carbonyl (C=O) groups is 1. The maximum atomic E-state index is 14.7. The van der Waals surface area contributed by atoms with Gasteiger partial charge >= 0.3 is 5.97 Å². The summed E-state index contributed by atoms with van der Waals surface area (Å²) in [6.45, 7) is 1.06. The van der Waals surface area contributed by atoms with Crippen molar-refractivity contribution in [3.05, 3.63) is 46.1 Å². The van der Waals surface area contributed by atoms with Gasteiger partial charge in [-0.1, -0.05) is 0 Å². The molecule has 0 radical (unpaired) electrons. The van der Waals surface area contributed by atoms with Crippen molar-refractivity contribution in [3.8, 4) is 11.3 Å². The minimum Gasteiger partial charge on any atom is -0.480 e. The van der Waals surface area contributed by atoms with Crippen LogP contribution in [0.2, 0.25) is 0 Å². The van der Waals surface area contributed by atoms with Gasteiger partial charge in [0.25, 0.3) is 5.56 Å². The highest BCUT2D eigenvalue weighted by Crippen LogP contribution is 2.36. The second-order valence-corrected chi connectivity index (χ2v) is 7.84. The molecule has 0 atom stereocenters. The largest absolute Gasteiger partial charge is 0.480 e. The van der Waals surface area contributed by atoms with Crippen LogP contribution in [0.15, 0.2) is 34.0 Å². The monoisotopic (exact) mass is 379 g/mol. The minimum atomic E-state index is -3.69. The molecule has 10 heteroatoms. The van der Waals surface area contributed by atoms with Gasteiger partial charge in [0.15, 0.2) is 9.84 Å². The number of carboxylic acids is 1. The van der Waals surface area contributed by atoms with E-state index in [-0.39, 0.29) is 21.5 Å². The standard InChI is InChI=1S/C16H14FN3O5S/c1-8-15(12-3-4-13(21)19-18-12)10-5-9(26(2,24)25)6-11(17)16(10)20(8)7-14(22)23/h3-6H,7H2,1-2H3,(H,19,21)(H,22,23). The van der Waals surface area contributed by atoms with Gasteiger partial charge in [0.1, 0.15) is 12.4 Å². The lowest BCUT2D eigenvalue weighted by atomic mass is 10.1. The Morgan fingerprint density at radius 2 is 2.04 bits per heavy atom. The second kappa shape index (κ2) is 6.06. The highest BCUT2D eigenvalue weighted by atomic mass is 32.2. The first-order valence-corrected chi connectivity index (χ1v) is 9.29. The first kappa shape index (κ1) is 17.8. The Balaban J connectivity index is 2.47. The summed E-state index contributed by atoms with van der Waals surface area (Å²) in [4.78, 5) is 22.2. The van der Waals surface area contributed by atoms with Crippen LogP contribution in [0.5, 0.6) is 0 Å². The van der Waals surface area contributed by atoms with Gasteiger partial charge in [0.2, 0.25) is 0 Å². The summed E-state index contributed by atoms with van der Waals surface area (Å²) in [6.07, 6.45) is 0.951. The molecule has 0 aliphatic rings. The Morgan fingerprint density at radius 1 is 1.35 bits per heavy atom. The number of halogens is 1. The van der Waals surface area contributed by atoms with Crippen molar-refractivity contribution >= 4 is 26.7 Å². The third-order valence-corrected chi connectivity index (χ3v) is 5.09. The molecule has 0 amide bonds. The third-order valence-electron chi connectivity index (χ3n) is 4.00. The van der Waals surface area contributed by atoms with Crippen molar-refractivity contribution in [2.24, 2.45) is 0 Å². The second-order valence-electron chi connectivity index (χ2n) is 5.82. The molecule has 0 unspecified atom stereocenters. The van der Waals surface area contributed by atoms with Crippen LogP contribution in [0.1, 0.15) is 5.69 Å². The van der Waals surface area contributed by atoms with Gasteiger partial charge in [-0.25, -0.2) is 17.9 Å². The number of aromatic nitrogens is 3. The smallest absolute Gasteiger partial charge is 0.323 e. The number of benzene rings is 1. The molecule has 2 heterocycles. The fourth-order valence-electron chi connectivity index (χ4n) is 2.89. The number of sulfone groups is 1. The van der Waals surface area contributed by atoms with Crippen LogP contribution in [0.3, 0.4) is 0 Å². The lowest BCUT2D eigenvalue weighted by Gasteiger charge is -2.06. The van der Waals surface area contributed by atoms with Gasteiger partial charge in [-0.15, -0.1) is 0 Å². The van der Waals surface area contributed by atoms with Crippen LogP contribution >= 0.6 is 0 Å². The zero-order valence-corrected chi connectivity index (χ0v) is 14.6. The van der Waals surface area contributed by atoms with Crippen molar-refractivity contribution in [1.82, 2.24) is 14.8 Å². The molecule has 3 rings (SSSR count). The van der Waals surface area contributed by atoms with Crippen LogP contribution in [0, 0.1) is 12.7 Å². The molecule has 0 aliphatic carbocycles. The normalized spacial score (nSPS) is 11.8. The third kappa shape index (κ3) is 2.99. The maximum absolute atomic E-state index is 14.7. The number of nitrogens with one attached hydrogen (secondary N) is 1. The molecule has 26 heavy (non-hydrogen) atoms. The zero-order valence-electron chi connectivity index (χ0n) is 13.8. The van der Waals surface area contributed by atoms with E-state index in [1.807, 2.05) is 0 Å². The Bertz CT molecular complexity index is 1190. The highest BCUT2D eigenvalue weighted by molar-refractivity contribution is 7.90. The highest BCUT2D eigenvalue weighted by Gasteiger charge is 2.23. The van der Waals surface area contributed by atoms with Crippen LogP contribution in [0.4, 0.5) is 4.39 Å². The van der Waals surface area contributed by atoms with E-state index in [1.54, 1.807) is 6.92 Å². The number of aliphatic carboxylic acids is 1. The van der Waals surface area contributed by atoms with E-state index in [0.717, 1.165) is 12.3 Å². The molecule has 0 spiro atoms. The van der Waals surface area contributed by atoms with Crippen LogP contribution in [0.25, 0.3) is 22.2 Å². The average Bonchev–Trinajstić information content (AvgIpc) is 2.80. The zero-order chi connectivity index (χ0) is 19.2. The lowest BCUT2D eigenvalue weighted by molar-refractivity contribution is -0.137. The number of fused-ring (bicyclic) bond motifs is 1. The summed E-state index contributed by atoms with van der Waals surface area (Å²) in [7, 11) is -3.69. The fraction of sp³-hybridized carbons (Fsp3) is 0.188. The van der Waals surface area contributed by atoms with Gasteiger partial charge in [-0.3, -0.25) is 9.59 Å². The Kier molecular flexibility index (Phi) is 4.15. The van der Waals surface area contributed by atoms with Crippen molar-refractivity contribution < 1.29 is 22.7 Å². The summed E-state index contributed by atoms with van der Waals surface area (Å²) in [5.41, 5.74) is 0.513. The molecule has 0 bridgehead atoms. The predicted octanol–water partition coefficient (Wildman–Crippen LogP) is 1.33. The summed E-state index contributed by atoms with van der Waals surface area (Å²) < 4.78 is 39.7. The molecule has 3 aromatic rings. The molecule has 2 aromatic heterocycles. The van der Waals surface area contributed by atoms with Crippen molar-refractivity contribution in [3.63, 3.8) is 0 Å². The lowest BCUT2D eigenvalue weighted by Crippen LogP contribution is -2.11. The molecular weight excluding hydrogens is 365 g/mol. The maximum Gasteiger partial charge on any atom is 0.323 e. The van der Waals surface area contributed by atoms with Crippen LogP contribution in [-0.4, -0.2) is 40.5 Å².